The molecular formula is C30H31NO5. The molecule has 1 unspecified atom stereocenters. The molecule has 36 heavy (non-hydrogen) atoms. The molecule has 1 aliphatic rings. The van der Waals surface area contributed by atoms with E-state index in [9.17, 15) is 14.7 Å². The zero-order chi connectivity index (χ0) is 26.0. The topological polar surface area (TPSA) is 76.1 Å². The van der Waals surface area contributed by atoms with Gasteiger partial charge in [0.25, 0.3) is 11.7 Å². The summed E-state index contributed by atoms with van der Waals surface area (Å²) in [6, 6.07) is 19.1. The fourth-order valence-corrected chi connectivity index (χ4v) is 4.46. The molecule has 1 aliphatic heterocycles. The van der Waals surface area contributed by atoms with Gasteiger partial charge in [-0.25, -0.2) is 0 Å². The van der Waals surface area contributed by atoms with Gasteiger partial charge in [0, 0.05) is 11.3 Å². The lowest BCUT2D eigenvalue weighted by molar-refractivity contribution is -0.132. The van der Waals surface area contributed by atoms with E-state index in [-0.39, 0.29) is 17.4 Å². The summed E-state index contributed by atoms with van der Waals surface area (Å²) in [7, 11) is 0. The van der Waals surface area contributed by atoms with E-state index < -0.39 is 17.7 Å². The summed E-state index contributed by atoms with van der Waals surface area (Å²) in [6.07, 6.45) is 0.00362. The summed E-state index contributed by atoms with van der Waals surface area (Å²) in [5.41, 5.74) is 3.59. The molecule has 0 spiro atoms. The Bertz CT molecular complexity index is 1320. The molecule has 0 aromatic heterocycles. The van der Waals surface area contributed by atoms with Crippen LogP contribution >= 0.6 is 0 Å². The third-order valence-electron chi connectivity index (χ3n) is 6.04. The first-order valence-electron chi connectivity index (χ1n) is 12.1. The summed E-state index contributed by atoms with van der Waals surface area (Å²) in [5.74, 6) is -0.264. The molecule has 4 rings (SSSR count). The van der Waals surface area contributed by atoms with Gasteiger partial charge in [0.05, 0.1) is 24.3 Å². The Labute approximate surface area is 211 Å². The van der Waals surface area contributed by atoms with Gasteiger partial charge >= 0.3 is 0 Å². The number of aliphatic hydroxyl groups is 1. The lowest BCUT2D eigenvalue weighted by Gasteiger charge is -2.26. The number of anilines is 1. The summed E-state index contributed by atoms with van der Waals surface area (Å²) in [4.78, 5) is 28.2. The Morgan fingerprint density at radius 3 is 2.33 bits per heavy atom. The predicted octanol–water partition coefficient (Wildman–Crippen LogP) is 6.12. The van der Waals surface area contributed by atoms with Crippen LogP contribution in [0.5, 0.6) is 11.5 Å². The Morgan fingerprint density at radius 2 is 1.72 bits per heavy atom. The van der Waals surface area contributed by atoms with Gasteiger partial charge in [-0.2, -0.15) is 0 Å². The molecule has 1 atom stereocenters. The second kappa shape index (κ2) is 10.3. The van der Waals surface area contributed by atoms with E-state index in [1.165, 1.54) is 4.90 Å². The largest absolute Gasteiger partial charge is 0.507 e. The number of hydrogen-bond acceptors (Lipinski definition) is 5. The first-order chi connectivity index (χ1) is 17.2. The Kier molecular flexibility index (Phi) is 7.15. The lowest BCUT2D eigenvalue weighted by atomic mass is 9.94. The van der Waals surface area contributed by atoms with E-state index in [2.05, 4.69) is 0 Å². The normalized spacial score (nSPS) is 17.1. The Balaban J connectivity index is 1.86. The molecule has 3 aromatic rings. The molecule has 186 valence electrons. The molecule has 0 bridgehead atoms. The van der Waals surface area contributed by atoms with Crippen molar-refractivity contribution >= 4 is 23.1 Å². The standard InChI is InChI=1S/C30H31NO5/c1-6-35-24-13-11-23(12-14-24)31-27(21-9-7-8-19(4)16-21)26(29(33)30(31)34)28(32)22-10-15-25(20(5)17-22)36-18(2)3/h7-18,27,32H,6H2,1-5H3/b28-26-. The number of aliphatic hydroxyl groups excluding tert-OH is 1. The van der Waals surface area contributed by atoms with Crippen molar-refractivity contribution < 1.29 is 24.2 Å². The minimum absolute atomic E-state index is 0.00362. The van der Waals surface area contributed by atoms with Crippen LogP contribution in [0.1, 0.15) is 49.1 Å². The highest BCUT2D eigenvalue weighted by Crippen LogP contribution is 2.43. The zero-order valence-electron chi connectivity index (χ0n) is 21.2. The average molecular weight is 486 g/mol. The minimum atomic E-state index is -0.783. The van der Waals surface area contributed by atoms with E-state index in [0.717, 1.165) is 16.7 Å². The second-order valence-electron chi connectivity index (χ2n) is 9.16. The van der Waals surface area contributed by atoms with Crippen LogP contribution in [0, 0.1) is 13.8 Å². The number of aryl methyl sites for hydroxylation is 2. The first kappa shape index (κ1) is 25.0. The quantitative estimate of drug-likeness (QED) is 0.248. The van der Waals surface area contributed by atoms with Crippen molar-refractivity contribution in [3.8, 4) is 11.5 Å². The average Bonchev–Trinajstić information content (AvgIpc) is 3.11. The maximum atomic E-state index is 13.4. The van der Waals surface area contributed by atoms with Crippen molar-refractivity contribution in [3.63, 3.8) is 0 Å². The van der Waals surface area contributed by atoms with E-state index in [0.29, 0.717) is 29.4 Å². The van der Waals surface area contributed by atoms with Gasteiger partial charge in [-0.05, 0) is 88.2 Å². The van der Waals surface area contributed by atoms with Crippen molar-refractivity contribution in [1.29, 1.82) is 0 Å². The smallest absolute Gasteiger partial charge is 0.300 e. The number of nitrogens with zero attached hydrogens (tertiary/aromatic N) is 1. The molecule has 0 radical (unpaired) electrons. The third-order valence-corrected chi connectivity index (χ3v) is 6.04. The van der Waals surface area contributed by atoms with Gasteiger partial charge < -0.3 is 14.6 Å². The molecule has 6 nitrogen and oxygen atoms in total. The highest BCUT2D eigenvalue weighted by Gasteiger charge is 2.47. The number of carbonyl (C=O) groups is 2. The van der Waals surface area contributed by atoms with E-state index in [4.69, 9.17) is 9.47 Å². The van der Waals surface area contributed by atoms with Gasteiger partial charge in [-0.3, -0.25) is 14.5 Å². The van der Waals surface area contributed by atoms with Gasteiger partial charge in [0.1, 0.15) is 17.3 Å². The molecular weight excluding hydrogens is 454 g/mol. The fraction of sp³-hybridized carbons (Fsp3) is 0.267. The number of carbonyl (C=O) groups excluding carboxylic acids is 2. The SMILES string of the molecule is CCOc1ccc(N2C(=O)C(=O)/C(=C(\O)c3ccc(OC(C)C)c(C)c3)C2c2cccc(C)c2)cc1. The number of rotatable bonds is 7. The number of ether oxygens (including phenoxy) is 2. The highest BCUT2D eigenvalue weighted by molar-refractivity contribution is 6.51. The molecule has 1 saturated heterocycles. The fourth-order valence-electron chi connectivity index (χ4n) is 4.46. The first-order valence-corrected chi connectivity index (χ1v) is 12.1. The highest BCUT2D eigenvalue weighted by atomic mass is 16.5. The van der Waals surface area contributed by atoms with Crippen LogP contribution in [0.15, 0.2) is 72.3 Å². The van der Waals surface area contributed by atoms with Crippen LogP contribution in [0.4, 0.5) is 5.69 Å². The van der Waals surface area contributed by atoms with Gasteiger partial charge in [0.15, 0.2) is 0 Å². The van der Waals surface area contributed by atoms with E-state index >= 15 is 0 Å². The summed E-state index contributed by atoms with van der Waals surface area (Å²) >= 11 is 0. The second-order valence-corrected chi connectivity index (χ2v) is 9.16. The minimum Gasteiger partial charge on any atom is -0.507 e. The zero-order valence-corrected chi connectivity index (χ0v) is 21.2. The van der Waals surface area contributed by atoms with Gasteiger partial charge in [-0.15, -0.1) is 0 Å². The Morgan fingerprint density at radius 1 is 1.00 bits per heavy atom. The van der Waals surface area contributed by atoms with Crippen molar-refractivity contribution in [2.45, 2.75) is 46.8 Å². The van der Waals surface area contributed by atoms with Crippen LogP contribution in [0.3, 0.4) is 0 Å². The van der Waals surface area contributed by atoms with E-state index in [1.807, 2.05) is 58.9 Å². The van der Waals surface area contributed by atoms with Crippen LogP contribution in [-0.4, -0.2) is 29.5 Å². The van der Waals surface area contributed by atoms with Crippen molar-refractivity contribution in [2.75, 3.05) is 11.5 Å². The molecule has 1 amide bonds. The van der Waals surface area contributed by atoms with Crippen LogP contribution in [0.25, 0.3) is 5.76 Å². The monoisotopic (exact) mass is 485 g/mol. The molecule has 0 saturated carbocycles. The number of hydrogen-bond donors (Lipinski definition) is 1. The third kappa shape index (κ3) is 4.85. The van der Waals surface area contributed by atoms with E-state index in [1.54, 1.807) is 42.5 Å². The summed E-state index contributed by atoms with van der Waals surface area (Å²) in [6.45, 7) is 10.1. The lowest BCUT2D eigenvalue weighted by Crippen LogP contribution is -2.29. The number of amides is 1. The van der Waals surface area contributed by atoms with Crippen molar-refractivity contribution in [3.05, 3.63) is 94.6 Å². The number of Topliss-reactive ketones (excluding diaryl/α,β-unsaturated/α-hetero) is 1. The molecule has 6 heteroatoms. The molecule has 0 aliphatic carbocycles. The van der Waals surface area contributed by atoms with Crippen LogP contribution < -0.4 is 14.4 Å². The molecule has 1 heterocycles. The van der Waals surface area contributed by atoms with Crippen LogP contribution in [0.2, 0.25) is 0 Å². The van der Waals surface area contributed by atoms with Crippen molar-refractivity contribution in [2.24, 2.45) is 0 Å². The van der Waals surface area contributed by atoms with Crippen molar-refractivity contribution in [1.82, 2.24) is 0 Å². The summed E-state index contributed by atoms with van der Waals surface area (Å²) in [5, 5.41) is 11.4. The van der Waals surface area contributed by atoms with Crippen LogP contribution in [-0.2, 0) is 9.59 Å². The summed E-state index contributed by atoms with van der Waals surface area (Å²) < 4.78 is 11.3. The molecule has 1 fully saturated rings. The number of benzene rings is 3. The number of ketones is 1. The predicted molar refractivity (Wildman–Crippen MR) is 141 cm³/mol. The maximum absolute atomic E-state index is 13.4. The Hall–Kier alpha value is -4.06. The molecule has 3 aromatic carbocycles. The van der Waals surface area contributed by atoms with Gasteiger partial charge in [-0.1, -0.05) is 29.8 Å². The molecule has 1 N–H and O–H groups in total. The van der Waals surface area contributed by atoms with Gasteiger partial charge in [0.2, 0.25) is 0 Å². The maximum Gasteiger partial charge on any atom is 0.300 e.